The highest BCUT2D eigenvalue weighted by atomic mass is 16.3. The first kappa shape index (κ1) is 17.0. The Morgan fingerprint density at radius 2 is 1.74 bits per heavy atom. The lowest BCUT2D eigenvalue weighted by atomic mass is 9.67. The first-order valence-corrected chi connectivity index (χ1v) is 8.69. The van der Waals surface area contributed by atoms with Crippen LogP contribution in [0.5, 0.6) is 0 Å². The molecule has 0 amide bonds. The van der Waals surface area contributed by atoms with Gasteiger partial charge in [-0.3, -0.25) is 0 Å². The third kappa shape index (κ3) is 5.85. The molecule has 114 valence electrons. The quantitative estimate of drug-likeness (QED) is 0.571. The van der Waals surface area contributed by atoms with Crippen molar-refractivity contribution in [1.29, 1.82) is 0 Å². The van der Waals surface area contributed by atoms with E-state index >= 15 is 0 Å². The maximum absolute atomic E-state index is 10.6. The predicted molar refractivity (Wildman–Crippen MR) is 84.3 cm³/mol. The molecule has 1 aliphatic carbocycles. The van der Waals surface area contributed by atoms with E-state index < -0.39 is 5.60 Å². The van der Waals surface area contributed by atoms with Crippen LogP contribution in [0.25, 0.3) is 0 Å². The summed E-state index contributed by atoms with van der Waals surface area (Å²) in [6, 6.07) is 0. The van der Waals surface area contributed by atoms with Gasteiger partial charge >= 0.3 is 0 Å². The molecule has 0 aromatic rings. The van der Waals surface area contributed by atoms with Gasteiger partial charge < -0.3 is 5.11 Å². The Kier molecular flexibility index (Phi) is 7.42. The monoisotopic (exact) mass is 268 g/mol. The van der Waals surface area contributed by atoms with Gasteiger partial charge in [-0.15, -0.1) is 0 Å². The van der Waals surface area contributed by atoms with Crippen molar-refractivity contribution in [2.45, 2.75) is 97.5 Å². The molecule has 0 spiro atoms. The zero-order chi connectivity index (χ0) is 14.3. The van der Waals surface area contributed by atoms with Crippen LogP contribution in [0.1, 0.15) is 91.9 Å². The number of aliphatic hydroxyl groups is 1. The molecule has 1 aliphatic rings. The lowest BCUT2D eigenvalue weighted by Crippen LogP contribution is -2.41. The van der Waals surface area contributed by atoms with Gasteiger partial charge in [0.25, 0.3) is 0 Å². The normalized spacial score (nSPS) is 31.9. The molecule has 3 unspecified atom stereocenters. The highest BCUT2D eigenvalue weighted by Gasteiger charge is 2.38. The molecule has 1 nitrogen and oxygen atoms in total. The number of unbranched alkanes of at least 4 members (excludes halogenated alkanes) is 5. The number of hydrogen-bond acceptors (Lipinski definition) is 1. The first-order chi connectivity index (χ1) is 8.97. The van der Waals surface area contributed by atoms with Crippen LogP contribution in [-0.2, 0) is 0 Å². The van der Waals surface area contributed by atoms with Gasteiger partial charge in [-0.2, -0.15) is 0 Å². The Hall–Kier alpha value is -0.0400. The molecular formula is C18H36O. The Labute approximate surface area is 121 Å². The molecule has 0 radical (unpaired) electrons. The van der Waals surface area contributed by atoms with E-state index in [-0.39, 0.29) is 0 Å². The minimum Gasteiger partial charge on any atom is -0.390 e. The van der Waals surface area contributed by atoms with Crippen LogP contribution in [0.15, 0.2) is 0 Å². The molecule has 0 aromatic heterocycles. The second-order valence-corrected chi connectivity index (χ2v) is 7.39. The maximum Gasteiger partial charge on any atom is 0.0648 e. The minimum absolute atomic E-state index is 0.394. The highest BCUT2D eigenvalue weighted by Crippen LogP contribution is 2.42. The van der Waals surface area contributed by atoms with Crippen molar-refractivity contribution >= 4 is 0 Å². The second-order valence-electron chi connectivity index (χ2n) is 7.39. The van der Waals surface area contributed by atoms with E-state index in [1.54, 1.807) is 0 Å². The molecule has 0 saturated heterocycles. The van der Waals surface area contributed by atoms with Crippen molar-refractivity contribution in [2.75, 3.05) is 0 Å². The van der Waals surface area contributed by atoms with Gasteiger partial charge in [0.05, 0.1) is 5.60 Å². The molecule has 0 bridgehead atoms. The average molecular weight is 268 g/mol. The van der Waals surface area contributed by atoms with Gasteiger partial charge in [0.2, 0.25) is 0 Å². The van der Waals surface area contributed by atoms with Crippen LogP contribution >= 0.6 is 0 Å². The fourth-order valence-electron chi connectivity index (χ4n) is 3.62. The average Bonchev–Trinajstić information content (AvgIpc) is 2.34. The van der Waals surface area contributed by atoms with Gasteiger partial charge in [-0.05, 0) is 50.4 Å². The zero-order valence-electron chi connectivity index (χ0n) is 13.8. The van der Waals surface area contributed by atoms with Crippen molar-refractivity contribution < 1.29 is 5.11 Å². The van der Waals surface area contributed by atoms with Gasteiger partial charge in [-0.25, -0.2) is 0 Å². The zero-order valence-corrected chi connectivity index (χ0v) is 13.8. The van der Waals surface area contributed by atoms with E-state index in [2.05, 4.69) is 27.7 Å². The Morgan fingerprint density at radius 3 is 2.37 bits per heavy atom. The summed E-state index contributed by atoms with van der Waals surface area (Å²) in [5.41, 5.74) is -0.394. The molecule has 1 saturated carbocycles. The van der Waals surface area contributed by atoms with E-state index in [0.717, 1.165) is 18.3 Å². The standard InChI is InChI=1S/C18H36O/c1-5-6-7-8-9-10-11-17-14-16(15(2)3)12-13-18(17,4)19/h15-17,19H,5-14H2,1-4H3. The van der Waals surface area contributed by atoms with Gasteiger partial charge in [0.15, 0.2) is 0 Å². The summed E-state index contributed by atoms with van der Waals surface area (Å²) in [6.07, 6.45) is 12.9. The van der Waals surface area contributed by atoms with Crippen LogP contribution in [0.4, 0.5) is 0 Å². The minimum atomic E-state index is -0.394. The van der Waals surface area contributed by atoms with Gasteiger partial charge in [0, 0.05) is 0 Å². The summed E-state index contributed by atoms with van der Waals surface area (Å²) in [4.78, 5) is 0. The molecule has 19 heavy (non-hydrogen) atoms. The summed E-state index contributed by atoms with van der Waals surface area (Å²) in [5.74, 6) is 2.16. The lowest BCUT2D eigenvalue weighted by molar-refractivity contribution is -0.0561. The second kappa shape index (κ2) is 8.29. The Bertz CT molecular complexity index is 232. The van der Waals surface area contributed by atoms with Crippen LogP contribution in [0, 0.1) is 17.8 Å². The van der Waals surface area contributed by atoms with Crippen molar-refractivity contribution in [3.8, 4) is 0 Å². The van der Waals surface area contributed by atoms with Gasteiger partial charge in [-0.1, -0.05) is 59.3 Å². The summed E-state index contributed by atoms with van der Waals surface area (Å²) in [7, 11) is 0. The molecule has 0 aromatic carbocycles. The molecule has 0 heterocycles. The van der Waals surface area contributed by atoms with E-state index in [9.17, 15) is 5.11 Å². The smallest absolute Gasteiger partial charge is 0.0648 e. The van der Waals surface area contributed by atoms with E-state index in [4.69, 9.17) is 0 Å². The SMILES string of the molecule is CCCCCCCCC1CC(C(C)C)CCC1(C)O. The third-order valence-corrected chi connectivity index (χ3v) is 5.34. The van der Waals surface area contributed by atoms with Gasteiger partial charge in [0.1, 0.15) is 0 Å². The molecule has 3 atom stereocenters. The largest absolute Gasteiger partial charge is 0.390 e. The van der Waals surface area contributed by atoms with Crippen LogP contribution in [0.3, 0.4) is 0 Å². The van der Waals surface area contributed by atoms with Crippen molar-refractivity contribution in [3.05, 3.63) is 0 Å². The lowest BCUT2D eigenvalue weighted by Gasteiger charge is -2.42. The Balaban J connectivity index is 2.28. The third-order valence-electron chi connectivity index (χ3n) is 5.34. The molecular weight excluding hydrogens is 232 g/mol. The fraction of sp³-hybridized carbons (Fsp3) is 1.00. The number of rotatable bonds is 8. The molecule has 1 N–H and O–H groups in total. The highest BCUT2D eigenvalue weighted by molar-refractivity contribution is 4.89. The first-order valence-electron chi connectivity index (χ1n) is 8.69. The van der Waals surface area contributed by atoms with Crippen LogP contribution < -0.4 is 0 Å². The van der Waals surface area contributed by atoms with Crippen LogP contribution in [-0.4, -0.2) is 10.7 Å². The van der Waals surface area contributed by atoms with Crippen molar-refractivity contribution in [1.82, 2.24) is 0 Å². The Morgan fingerprint density at radius 1 is 1.11 bits per heavy atom. The van der Waals surface area contributed by atoms with Crippen LogP contribution in [0.2, 0.25) is 0 Å². The fourth-order valence-corrected chi connectivity index (χ4v) is 3.62. The number of hydrogen-bond donors (Lipinski definition) is 1. The summed E-state index contributed by atoms with van der Waals surface area (Å²) >= 11 is 0. The predicted octanol–water partition coefficient (Wildman–Crippen LogP) is 5.56. The van der Waals surface area contributed by atoms with Crippen molar-refractivity contribution in [3.63, 3.8) is 0 Å². The molecule has 1 heteroatoms. The topological polar surface area (TPSA) is 20.2 Å². The molecule has 0 aliphatic heterocycles. The summed E-state index contributed by atoms with van der Waals surface area (Å²) < 4.78 is 0. The summed E-state index contributed by atoms with van der Waals surface area (Å²) in [6.45, 7) is 9.02. The maximum atomic E-state index is 10.6. The molecule has 1 fully saturated rings. The van der Waals surface area contributed by atoms with E-state index in [1.165, 1.54) is 57.8 Å². The molecule has 1 rings (SSSR count). The van der Waals surface area contributed by atoms with Crippen molar-refractivity contribution in [2.24, 2.45) is 17.8 Å². The van der Waals surface area contributed by atoms with E-state index in [1.807, 2.05) is 0 Å². The summed E-state index contributed by atoms with van der Waals surface area (Å²) in [5, 5.41) is 10.6. The van der Waals surface area contributed by atoms with E-state index in [0.29, 0.717) is 5.92 Å².